The molecule has 0 fully saturated rings. The van der Waals surface area contributed by atoms with Gasteiger partial charge in [-0.3, -0.25) is 4.79 Å². The normalized spacial score (nSPS) is 12.5. The van der Waals surface area contributed by atoms with E-state index in [9.17, 15) is 9.18 Å². The van der Waals surface area contributed by atoms with Crippen LogP contribution in [0.1, 0.15) is 5.56 Å². The lowest BCUT2D eigenvalue weighted by molar-refractivity contribution is 0.627. The van der Waals surface area contributed by atoms with Crippen LogP contribution in [0.2, 0.25) is 0 Å². The molecule has 4 rings (SSSR count). The number of fused-ring (bicyclic) bond motifs is 3. The number of hydrogen-bond donors (Lipinski definition) is 0. The first-order valence-corrected chi connectivity index (χ1v) is 7.21. The number of hydrogen-bond acceptors (Lipinski definition) is 3. The van der Waals surface area contributed by atoms with Crippen molar-refractivity contribution in [2.24, 2.45) is 0 Å². The van der Waals surface area contributed by atoms with Crippen molar-refractivity contribution < 1.29 is 4.39 Å². The van der Waals surface area contributed by atoms with Crippen molar-refractivity contribution in [1.82, 2.24) is 9.38 Å². The van der Waals surface area contributed by atoms with Crippen LogP contribution in [0.25, 0.3) is 22.1 Å². The number of rotatable bonds is 1. The molecule has 102 valence electrons. The van der Waals surface area contributed by atoms with Crippen LogP contribution in [-0.2, 0) is 0 Å². The molecule has 0 saturated heterocycles. The first-order valence-electron chi connectivity index (χ1n) is 6.40. The molecule has 0 radical (unpaired) electrons. The summed E-state index contributed by atoms with van der Waals surface area (Å²) in [7, 11) is 0. The standard InChI is InChI=1S/C16H9FN2OS/c17-11-5-3-4-10(8-11)9-14-15(20)19-13-7-2-1-6-12(13)18-16(19)21-14/h1-9H. The van der Waals surface area contributed by atoms with E-state index in [1.807, 2.05) is 24.3 Å². The highest BCUT2D eigenvalue weighted by Crippen LogP contribution is 2.15. The van der Waals surface area contributed by atoms with Gasteiger partial charge in [0, 0.05) is 0 Å². The molecule has 0 aliphatic rings. The average molecular weight is 296 g/mol. The zero-order chi connectivity index (χ0) is 14.4. The quantitative estimate of drug-likeness (QED) is 0.541. The number of nitrogens with zero attached hydrogens (tertiary/aromatic N) is 2. The van der Waals surface area contributed by atoms with Gasteiger partial charge in [0.1, 0.15) is 5.82 Å². The van der Waals surface area contributed by atoms with E-state index in [1.165, 1.54) is 23.5 Å². The Kier molecular flexibility index (Phi) is 2.62. The van der Waals surface area contributed by atoms with Crippen LogP contribution in [0.5, 0.6) is 0 Å². The van der Waals surface area contributed by atoms with Gasteiger partial charge in [-0.1, -0.05) is 35.6 Å². The SMILES string of the molecule is O=c1c(=Cc2cccc(F)c2)sc2nc3ccccc3n12. The summed E-state index contributed by atoms with van der Waals surface area (Å²) in [5, 5.41) is 0. The van der Waals surface area contributed by atoms with Crippen LogP contribution in [0.3, 0.4) is 0 Å². The predicted molar refractivity (Wildman–Crippen MR) is 82.0 cm³/mol. The van der Waals surface area contributed by atoms with Gasteiger partial charge in [0.05, 0.1) is 15.6 Å². The van der Waals surface area contributed by atoms with Gasteiger partial charge in [-0.2, -0.15) is 0 Å². The number of halogens is 1. The van der Waals surface area contributed by atoms with Crippen LogP contribution < -0.4 is 10.1 Å². The highest BCUT2D eigenvalue weighted by molar-refractivity contribution is 7.15. The topological polar surface area (TPSA) is 34.4 Å². The van der Waals surface area contributed by atoms with E-state index in [0.717, 1.165) is 11.0 Å². The third-order valence-electron chi connectivity index (χ3n) is 3.29. The molecule has 0 aliphatic heterocycles. The van der Waals surface area contributed by atoms with Crippen molar-refractivity contribution in [2.45, 2.75) is 0 Å². The molecule has 21 heavy (non-hydrogen) atoms. The summed E-state index contributed by atoms with van der Waals surface area (Å²) in [4.78, 5) is 17.6. The Morgan fingerprint density at radius 1 is 1.14 bits per heavy atom. The number of para-hydroxylation sites is 2. The first kappa shape index (κ1) is 12.2. The average Bonchev–Trinajstić information content (AvgIpc) is 2.97. The Hall–Kier alpha value is -2.53. The molecule has 3 nitrogen and oxygen atoms in total. The van der Waals surface area contributed by atoms with Crippen molar-refractivity contribution in [1.29, 1.82) is 0 Å². The van der Waals surface area contributed by atoms with E-state index in [1.54, 1.807) is 22.6 Å². The Morgan fingerprint density at radius 3 is 2.86 bits per heavy atom. The third-order valence-corrected chi connectivity index (χ3v) is 4.26. The fourth-order valence-electron chi connectivity index (χ4n) is 2.36. The lowest BCUT2D eigenvalue weighted by Crippen LogP contribution is -2.22. The molecule has 0 aliphatic carbocycles. The van der Waals surface area contributed by atoms with E-state index in [-0.39, 0.29) is 11.4 Å². The van der Waals surface area contributed by atoms with Gasteiger partial charge in [0.2, 0.25) is 0 Å². The van der Waals surface area contributed by atoms with Gasteiger partial charge in [0.25, 0.3) is 5.56 Å². The van der Waals surface area contributed by atoms with Crippen LogP contribution in [-0.4, -0.2) is 9.38 Å². The fourth-order valence-corrected chi connectivity index (χ4v) is 3.35. The summed E-state index contributed by atoms with van der Waals surface area (Å²) in [6, 6.07) is 13.7. The second-order valence-electron chi connectivity index (χ2n) is 4.69. The molecule has 0 spiro atoms. The van der Waals surface area contributed by atoms with Crippen LogP contribution in [0.15, 0.2) is 53.3 Å². The molecular weight excluding hydrogens is 287 g/mol. The van der Waals surface area contributed by atoms with Crippen molar-refractivity contribution in [2.75, 3.05) is 0 Å². The molecule has 0 amide bonds. The number of benzene rings is 2. The zero-order valence-corrected chi connectivity index (χ0v) is 11.6. The maximum absolute atomic E-state index is 13.2. The number of thiazole rings is 1. The van der Waals surface area contributed by atoms with Gasteiger partial charge in [-0.05, 0) is 35.9 Å². The summed E-state index contributed by atoms with van der Waals surface area (Å²) in [6.07, 6.45) is 1.69. The van der Waals surface area contributed by atoms with Crippen molar-refractivity contribution >= 4 is 33.4 Å². The summed E-state index contributed by atoms with van der Waals surface area (Å²) in [5.41, 5.74) is 2.15. The number of aromatic nitrogens is 2. The lowest BCUT2D eigenvalue weighted by Gasteiger charge is -1.91. The molecule has 2 aromatic heterocycles. The second kappa shape index (κ2) is 4.49. The fraction of sp³-hybridized carbons (Fsp3) is 0. The monoisotopic (exact) mass is 296 g/mol. The summed E-state index contributed by atoms with van der Waals surface area (Å²) >= 11 is 1.31. The molecule has 0 unspecified atom stereocenters. The Labute approximate surface area is 122 Å². The van der Waals surface area contributed by atoms with E-state index in [0.29, 0.717) is 15.1 Å². The van der Waals surface area contributed by atoms with Crippen molar-refractivity contribution in [3.05, 3.63) is 74.8 Å². The van der Waals surface area contributed by atoms with E-state index < -0.39 is 0 Å². The minimum Gasteiger partial charge on any atom is -0.267 e. The van der Waals surface area contributed by atoms with Crippen LogP contribution >= 0.6 is 11.3 Å². The molecule has 0 bridgehead atoms. The zero-order valence-electron chi connectivity index (χ0n) is 10.8. The van der Waals surface area contributed by atoms with Gasteiger partial charge in [-0.25, -0.2) is 13.8 Å². The summed E-state index contributed by atoms with van der Waals surface area (Å²) in [5.74, 6) is -0.317. The Bertz CT molecular complexity index is 1080. The smallest absolute Gasteiger partial charge is 0.267 e. The second-order valence-corrected chi connectivity index (χ2v) is 5.70. The summed E-state index contributed by atoms with van der Waals surface area (Å²) < 4.78 is 15.4. The molecular formula is C16H9FN2OS. The predicted octanol–water partition coefficient (Wildman–Crippen LogP) is 2.60. The van der Waals surface area contributed by atoms with Crippen LogP contribution in [0, 0.1) is 5.82 Å². The Balaban J connectivity index is 2.03. The molecule has 2 heterocycles. The van der Waals surface area contributed by atoms with Crippen molar-refractivity contribution in [3.63, 3.8) is 0 Å². The molecule has 5 heteroatoms. The minimum atomic E-state index is -0.317. The first-order chi connectivity index (χ1) is 10.2. The summed E-state index contributed by atoms with van der Waals surface area (Å²) in [6.45, 7) is 0. The number of imidazole rings is 1. The molecule has 0 saturated carbocycles. The highest BCUT2D eigenvalue weighted by atomic mass is 32.1. The van der Waals surface area contributed by atoms with Crippen LogP contribution in [0.4, 0.5) is 4.39 Å². The van der Waals surface area contributed by atoms with E-state index in [4.69, 9.17) is 0 Å². The van der Waals surface area contributed by atoms with Gasteiger partial charge >= 0.3 is 0 Å². The maximum Gasteiger partial charge on any atom is 0.274 e. The minimum absolute atomic E-state index is 0.118. The van der Waals surface area contributed by atoms with Gasteiger partial charge in [0.15, 0.2) is 4.96 Å². The van der Waals surface area contributed by atoms with Crippen molar-refractivity contribution in [3.8, 4) is 0 Å². The molecule has 4 aromatic rings. The molecule has 2 aromatic carbocycles. The van der Waals surface area contributed by atoms with E-state index >= 15 is 0 Å². The van der Waals surface area contributed by atoms with Gasteiger partial charge < -0.3 is 0 Å². The maximum atomic E-state index is 13.2. The van der Waals surface area contributed by atoms with E-state index in [2.05, 4.69) is 4.98 Å². The Morgan fingerprint density at radius 2 is 2.00 bits per heavy atom. The molecule has 0 N–H and O–H groups in total. The molecule has 0 atom stereocenters. The highest BCUT2D eigenvalue weighted by Gasteiger charge is 2.10. The third kappa shape index (κ3) is 1.94. The van der Waals surface area contributed by atoms with Gasteiger partial charge in [-0.15, -0.1) is 0 Å². The lowest BCUT2D eigenvalue weighted by atomic mass is 10.2. The largest absolute Gasteiger partial charge is 0.274 e.